The molecule has 2 N–H and O–H groups in total. The maximum absolute atomic E-state index is 13.1. The average molecular weight is 450 g/mol. The van der Waals surface area contributed by atoms with Crippen LogP contribution in [0.4, 0.5) is 4.79 Å². The molecule has 0 aliphatic carbocycles. The molecule has 3 aromatic rings. The van der Waals surface area contributed by atoms with Crippen LogP contribution in [-0.2, 0) is 21.7 Å². The lowest BCUT2D eigenvalue weighted by Crippen LogP contribution is -2.49. The van der Waals surface area contributed by atoms with Gasteiger partial charge in [0.1, 0.15) is 5.54 Å². The predicted molar refractivity (Wildman–Crippen MR) is 123 cm³/mol. The van der Waals surface area contributed by atoms with Gasteiger partial charge in [-0.3, -0.25) is 15.0 Å². The van der Waals surface area contributed by atoms with E-state index in [0.29, 0.717) is 23.7 Å². The molecule has 2 aromatic carbocycles. The molecular formula is C23H23N5O3S. The number of fused-ring (bicyclic) bond motifs is 1. The van der Waals surface area contributed by atoms with Gasteiger partial charge in [0, 0.05) is 6.54 Å². The van der Waals surface area contributed by atoms with Gasteiger partial charge in [0.05, 0.1) is 16.8 Å². The van der Waals surface area contributed by atoms with Crippen molar-refractivity contribution in [2.24, 2.45) is 0 Å². The Balaban J connectivity index is 1.47. The fourth-order valence-electron chi connectivity index (χ4n) is 3.79. The van der Waals surface area contributed by atoms with Gasteiger partial charge >= 0.3 is 6.03 Å². The number of thioether (sulfide) groups is 1. The van der Waals surface area contributed by atoms with Crippen molar-refractivity contribution in [2.45, 2.75) is 30.6 Å². The van der Waals surface area contributed by atoms with Crippen LogP contribution in [0.3, 0.4) is 0 Å². The number of hydrogen-bond acceptors (Lipinski definition) is 5. The van der Waals surface area contributed by atoms with Gasteiger partial charge in [-0.1, -0.05) is 67.2 Å². The first-order valence-corrected chi connectivity index (χ1v) is 11.2. The number of aromatic nitrogens is 2. The van der Waals surface area contributed by atoms with Crippen LogP contribution in [0.1, 0.15) is 18.9 Å². The van der Waals surface area contributed by atoms with Crippen molar-refractivity contribution in [2.75, 3.05) is 5.75 Å². The number of nitrogens with one attached hydrogen (secondary N) is 2. The number of para-hydroxylation sites is 2. The van der Waals surface area contributed by atoms with Gasteiger partial charge in [0.25, 0.3) is 5.91 Å². The lowest BCUT2D eigenvalue weighted by atomic mass is 9.87. The van der Waals surface area contributed by atoms with Gasteiger partial charge in [0.15, 0.2) is 5.16 Å². The number of rotatable bonds is 8. The van der Waals surface area contributed by atoms with Crippen molar-refractivity contribution in [1.82, 2.24) is 25.3 Å². The third kappa shape index (κ3) is 3.75. The minimum atomic E-state index is -1.20. The quantitative estimate of drug-likeness (QED) is 0.313. The minimum Gasteiger partial charge on any atom is -0.318 e. The number of allylic oxidation sites excluding steroid dienone is 1. The summed E-state index contributed by atoms with van der Waals surface area (Å²) in [5.41, 5.74) is 3.69. The summed E-state index contributed by atoms with van der Waals surface area (Å²) in [5, 5.41) is 4.17. The third-order valence-corrected chi connectivity index (χ3v) is 6.36. The van der Waals surface area contributed by atoms with Crippen molar-refractivity contribution in [3.8, 4) is 0 Å². The van der Waals surface area contributed by atoms with Crippen molar-refractivity contribution in [3.05, 3.63) is 72.8 Å². The van der Waals surface area contributed by atoms with E-state index < -0.39 is 23.4 Å². The number of imide groups is 1. The number of hydrogen-bond donors (Lipinski definition) is 2. The molecule has 0 bridgehead atoms. The summed E-state index contributed by atoms with van der Waals surface area (Å²) in [4.78, 5) is 42.9. The Morgan fingerprint density at radius 1 is 1.19 bits per heavy atom. The molecule has 4 rings (SSSR count). The molecule has 0 spiro atoms. The second-order valence-electron chi connectivity index (χ2n) is 7.30. The van der Waals surface area contributed by atoms with Crippen molar-refractivity contribution in [3.63, 3.8) is 0 Å². The van der Waals surface area contributed by atoms with Crippen LogP contribution in [-0.4, -0.2) is 38.2 Å². The maximum atomic E-state index is 13.1. The van der Waals surface area contributed by atoms with Crippen LogP contribution in [0.5, 0.6) is 0 Å². The van der Waals surface area contributed by atoms with E-state index in [1.54, 1.807) is 30.3 Å². The van der Waals surface area contributed by atoms with E-state index in [-0.39, 0.29) is 5.75 Å². The first kappa shape index (κ1) is 21.6. The molecule has 1 fully saturated rings. The van der Waals surface area contributed by atoms with Gasteiger partial charge in [-0.25, -0.2) is 9.78 Å². The molecule has 9 heteroatoms. The monoisotopic (exact) mass is 449 g/mol. The number of hydrazine groups is 1. The summed E-state index contributed by atoms with van der Waals surface area (Å²) in [6, 6.07) is 16.0. The molecule has 1 saturated heterocycles. The molecule has 1 aliphatic heterocycles. The smallest absolute Gasteiger partial charge is 0.318 e. The van der Waals surface area contributed by atoms with Gasteiger partial charge in [-0.2, -0.15) is 5.01 Å². The van der Waals surface area contributed by atoms with Gasteiger partial charge in [-0.05, 0) is 24.1 Å². The molecule has 0 radical (unpaired) electrons. The van der Waals surface area contributed by atoms with Crippen LogP contribution >= 0.6 is 11.8 Å². The molecule has 4 amide bonds. The van der Waals surface area contributed by atoms with E-state index >= 15 is 0 Å². The fourth-order valence-corrected chi connectivity index (χ4v) is 4.61. The Morgan fingerprint density at radius 2 is 1.91 bits per heavy atom. The highest BCUT2D eigenvalue weighted by atomic mass is 32.2. The molecule has 1 aliphatic rings. The standard InChI is InChI=1S/C23H23N5O3S/c1-3-14-27-18-13-9-8-12-17(18)24-22(27)32-15-19(29)26-28-20(30)23(4-2,25-21(28)31)16-10-6-5-7-11-16/h3,5-13H,1,4,14-15H2,2H3,(H,25,31)(H,26,29). The Bertz CT molecular complexity index is 1190. The highest BCUT2D eigenvalue weighted by Gasteiger charge is 2.52. The Morgan fingerprint density at radius 3 is 2.62 bits per heavy atom. The van der Waals surface area contributed by atoms with Gasteiger partial charge in [-0.15, -0.1) is 6.58 Å². The number of amides is 4. The molecule has 0 saturated carbocycles. The number of benzene rings is 2. The number of carbonyl (C=O) groups excluding carboxylic acids is 3. The molecule has 2 heterocycles. The molecule has 8 nitrogen and oxygen atoms in total. The number of carbonyl (C=O) groups is 3. The number of nitrogens with zero attached hydrogens (tertiary/aromatic N) is 3. The first-order chi connectivity index (χ1) is 15.5. The Hall–Kier alpha value is -3.59. The lowest BCUT2D eigenvalue weighted by molar-refractivity contribution is -0.138. The van der Waals surface area contributed by atoms with Crippen LogP contribution in [0.25, 0.3) is 11.0 Å². The number of imidazole rings is 1. The van der Waals surface area contributed by atoms with Crippen molar-refractivity contribution in [1.29, 1.82) is 0 Å². The highest BCUT2D eigenvalue weighted by Crippen LogP contribution is 2.31. The predicted octanol–water partition coefficient (Wildman–Crippen LogP) is 3.20. The lowest BCUT2D eigenvalue weighted by Gasteiger charge is -2.25. The van der Waals surface area contributed by atoms with E-state index in [0.717, 1.165) is 16.0 Å². The fraction of sp³-hybridized carbons (Fsp3) is 0.217. The van der Waals surface area contributed by atoms with E-state index in [1.807, 2.05) is 41.8 Å². The molecule has 164 valence electrons. The van der Waals surface area contributed by atoms with E-state index in [4.69, 9.17) is 0 Å². The Labute approximate surface area is 189 Å². The van der Waals surface area contributed by atoms with Crippen LogP contribution in [0, 0.1) is 0 Å². The Kier molecular flexibility index (Phi) is 6.00. The normalized spacial score (nSPS) is 18.1. The molecule has 1 aromatic heterocycles. The average Bonchev–Trinajstić information content (AvgIpc) is 3.29. The topological polar surface area (TPSA) is 96.3 Å². The largest absolute Gasteiger partial charge is 0.344 e. The zero-order valence-electron chi connectivity index (χ0n) is 17.6. The number of urea groups is 1. The molecule has 32 heavy (non-hydrogen) atoms. The summed E-state index contributed by atoms with van der Waals surface area (Å²) in [5.74, 6) is -0.994. The van der Waals surface area contributed by atoms with Crippen molar-refractivity contribution >= 4 is 40.6 Å². The van der Waals surface area contributed by atoms with Crippen LogP contribution < -0.4 is 10.7 Å². The molecule has 1 unspecified atom stereocenters. The molecule has 1 atom stereocenters. The second kappa shape index (κ2) is 8.88. The molecular weight excluding hydrogens is 426 g/mol. The van der Waals surface area contributed by atoms with E-state index in [2.05, 4.69) is 22.3 Å². The van der Waals surface area contributed by atoms with Gasteiger partial charge in [0.2, 0.25) is 5.91 Å². The SMILES string of the molecule is C=CCn1c(SCC(=O)NN2C(=O)NC(CC)(c3ccccc3)C2=O)nc2ccccc21. The van der Waals surface area contributed by atoms with Crippen LogP contribution in [0.2, 0.25) is 0 Å². The summed E-state index contributed by atoms with van der Waals surface area (Å²) < 4.78 is 1.96. The first-order valence-electron chi connectivity index (χ1n) is 10.2. The van der Waals surface area contributed by atoms with E-state index in [9.17, 15) is 14.4 Å². The van der Waals surface area contributed by atoms with Gasteiger partial charge < -0.3 is 9.88 Å². The highest BCUT2D eigenvalue weighted by molar-refractivity contribution is 7.99. The maximum Gasteiger partial charge on any atom is 0.344 e. The zero-order chi connectivity index (χ0) is 22.7. The third-order valence-electron chi connectivity index (χ3n) is 5.39. The summed E-state index contributed by atoms with van der Waals surface area (Å²) in [7, 11) is 0. The van der Waals surface area contributed by atoms with E-state index in [1.165, 1.54) is 11.8 Å². The zero-order valence-corrected chi connectivity index (χ0v) is 18.4. The van der Waals surface area contributed by atoms with Crippen LogP contribution in [0.15, 0.2) is 72.4 Å². The second-order valence-corrected chi connectivity index (χ2v) is 8.24. The minimum absolute atomic E-state index is 0.0119. The summed E-state index contributed by atoms with van der Waals surface area (Å²) >= 11 is 1.23. The summed E-state index contributed by atoms with van der Waals surface area (Å²) in [6.07, 6.45) is 2.12. The summed E-state index contributed by atoms with van der Waals surface area (Å²) in [6.45, 7) is 6.15. The van der Waals surface area contributed by atoms with Crippen molar-refractivity contribution < 1.29 is 14.4 Å².